The van der Waals surface area contributed by atoms with Crippen molar-refractivity contribution >= 4 is 39.6 Å². The zero-order chi connectivity index (χ0) is 18.4. The first kappa shape index (κ1) is 19.0. The van der Waals surface area contributed by atoms with Crippen molar-refractivity contribution in [2.45, 2.75) is 26.2 Å². The molecule has 0 aromatic carbocycles. The molecule has 0 spiro atoms. The molecule has 2 N–H and O–H groups in total. The van der Waals surface area contributed by atoms with Crippen molar-refractivity contribution in [3.05, 3.63) is 33.5 Å². The van der Waals surface area contributed by atoms with Crippen molar-refractivity contribution in [3.8, 4) is 0 Å². The van der Waals surface area contributed by atoms with Crippen LogP contribution in [-0.4, -0.2) is 47.9 Å². The maximum atomic E-state index is 12.5. The lowest BCUT2D eigenvalue weighted by Crippen LogP contribution is -2.41. The minimum absolute atomic E-state index is 0.119. The van der Waals surface area contributed by atoms with Gasteiger partial charge in [-0.2, -0.15) is 0 Å². The number of carbonyl (C=O) groups excluding carboxylic acids is 2. The van der Waals surface area contributed by atoms with E-state index in [0.29, 0.717) is 22.3 Å². The number of hydrogen-bond donors (Lipinski definition) is 2. The van der Waals surface area contributed by atoms with Crippen molar-refractivity contribution in [1.82, 2.24) is 15.2 Å². The number of rotatable bonds is 7. The number of hydrogen-bond acceptors (Lipinski definition) is 6. The number of likely N-dealkylation sites (tertiary alicyclic amines) is 1. The second kappa shape index (κ2) is 9.25. The Bertz CT molecular complexity index is 721. The van der Waals surface area contributed by atoms with E-state index in [1.54, 1.807) is 6.07 Å². The number of amides is 2. The highest BCUT2D eigenvalue weighted by Crippen LogP contribution is 2.20. The smallest absolute Gasteiger partial charge is 0.267 e. The average molecular weight is 393 g/mol. The molecule has 26 heavy (non-hydrogen) atoms. The molecule has 0 atom stereocenters. The Morgan fingerprint density at radius 2 is 2.12 bits per heavy atom. The third kappa shape index (κ3) is 5.12. The van der Waals surface area contributed by atoms with Crippen molar-refractivity contribution in [3.63, 3.8) is 0 Å². The van der Waals surface area contributed by atoms with Crippen molar-refractivity contribution in [1.29, 1.82) is 0 Å². The van der Waals surface area contributed by atoms with Crippen LogP contribution in [0, 0.1) is 5.92 Å². The van der Waals surface area contributed by atoms with Crippen molar-refractivity contribution in [2.24, 2.45) is 5.92 Å². The van der Waals surface area contributed by atoms with Crippen LogP contribution in [0.25, 0.3) is 0 Å². The summed E-state index contributed by atoms with van der Waals surface area (Å²) in [5, 5.41) is 10.4. The fraction of sp³-hybridized carbons (Fsp3) is 0.500. The largest absolute Gasteiger partial charge is 0.342 e. The van der Waals surface area contributed by atoms with E-state index in [4.69, 9.17) is 0 Å². The maximum Gasteiger partial charge on any atom is 0.267 e. The van der Waals surface area contributed by atoms with Gasteiger partial charge in [0.2, 0.25) is 5.91 Å². The SMILES string of the molecule is CCNCC1CCN(C(=O)Cc2csc(NC(=O)c3cccs3)n2)CC1. The summed E-state index contributed by atoms with van der Waals surface area (Å²) in [4.78, 5) is 31.5. The van der Waals surface area contributed by atoms with Gasteiger partial charge in [0.15, 0.2) is 5.13 Å². The standard InChI is InChI=1S/C18H24N4O2S2/c1-2-19-11-13-5-7-22(8-6-13)16(23)10-14-12-26-18(20-14)21-17(24)15-4-3-9-25-15/h3-4,9,12-13,19H,2,5-8,10-11H2,1H3,(H,20,21,24). The van der Waals surface area contributed by atoms with Crippen LogP contribution in [0.15, 0.2) is 22.9 Å². The number of anilines is 1. The lowest BCUT2D eigenvalue weighted by Gasteiger charge is -2.32. The molecule has 0 saturated carbocycles. The molecular formula is C18H24N4O2S2. The highest BCUT2D eigenvalue weighted by Gasteiger charge is 2.23. The Morgan fingerprint density at radius 1 is 1.31 bits per heavy atom. The van der Waals surface area contributed by atoms with Gasteiger partial charge in [0.25, 0.3) is 5.91 Å². The Morgan fingerprint density at radius 3 is 2.81 bits per heavy atom. The Hall–Kier alpha value is -1.77. The fourth-order valence-corrected chi connectivity index (χ4v) is 4.34. The molecular weight excluding hydrogens is 368 g/mol. The van der Waals surface area contributed by atoms with E-state index < -0.39 is 0 Å². The number of piperidine rings is 1. The van der Waals surface area contributed by atoms with Gasteiger partial charge >= 0.3 is 0 Å². The number of nitrogens with one attached hydrogen (secondary N) is 2. The number of aromatic nitrogens is 1. The average Bonchev–Trinajstić information content (AvgIpc) is 3.32. The molecule has 0 unspecified atom stereocenters. The van der Waals surface area contributed by atoms with E-state index in [2.05, 4.69) is 22.5 Å². The highest BCUT2D eigenvalue weighted by molar-refractivity contribution is 7.14. The highest BCUT2D eigenvalue weighted by atomic mass is 32.1. The van der Waals surface area contributed by atoms with Crippen LogP contribution in [0.3, 0.4) is 0 Å². The lowest BCUT2D eigenvalue weighted by molar-refractivity contribution is -0.131. The molecule has 0 bridgehead atoms. The van der Waals surface area contributed by atoms with E-state index in [0.717, 1.165) is 44.7 Å². The van der Waals surface area contributed by atoms with Crippen LogP contribution in [0.4, 0.5) is 5.13 Å². The van der Waals surface area contributed by atoms with Gasteiger partial charge in [-0.3, -0.25) is 14.9 Å². The summed E-state index contributed by atoms with van der Waals surface area (Å²) in [6.07, 6.45) is 2.40. The summed E-state index contributed by atoms with van der Waals surface area (Å²) < 4.78 is 0. The molecule has 6 nitrogen and oxygen atoms in total. The Kier molecular flexibility index (Phi) is 6.76. The van der Waals surface area contributed by atoms with E-state index in [1.807, 2.05) is 21.7 Å². The molecule has 8 heteroatoms. The molecule has 0 radical (unpaired) electrons. The van der Waals surface area contributed by atoms with Crippen LogP contribution in [-0.2, 0) is 11.2 Å². The third-order valence-corrected chi connectivity index (χ3v) is 6.17. The first-order chi connectivity index (χ1) is 12.7. The van der Waals surface area contributed by atoms with Gasteiger partial charge in [0, 0.05) is 18.5 Å². The van der Waals surface area contributed by atoms with Gasteiger partial charge in [-0.05, 0) is 43.3 Å². The minimum Gasteiger partial charge on any atom is -0.342 e. The second-order valence-electron chi connectivity index (χ2n) is 6.38. The monoisotopic (exact) mass is 392 g/mol. The van der Waals surface area contributed by atoms with Gasteiger partial charge < -0.3 is 10.2 Å². The summed E-state index contributed by atoms with van der Waals surface area (Å²) in [5.74, 6) is 0.626. The number of nitrogens with zero attached hydrogens (tertiary/aromatic N) is 2. The minimum atomic E-state index is -0.157. The van der Waals surface area contributed by atoms with Crippen LogP contribution in [0.2, 0.25) is 0 Å². The quantitative estimate of drug-likeness (QED) is 0.760. The van der Waals surface area contributed by atoms with Crippen molar-refractivity contribution < 1.29 is 9.59 Å². The molecule has 1 aliphatic heterocycles. The second-order valence-corrected chi connectivity index (χ2v) is 8.19. The maximum absolute atomic E-state index is 12.5. The van der Waals surface area contributed by atoms with E-state index in [-0.39, 0.29) is 11.8 Å². The summed E-state index contributed by atoms with van der Waals surface area (Å²) in [6.45, 7) is 5.79. The van der Waals surface area contributed by atoms with E-state index in [9.17, 15) is 9.59 Å². The number of thiophene rings is 1. The molecule has 1 saturated heterocycles. The molecule has 3 heterocycles. The summed E-state index contributed by atoms with van der Waals surface area (Å²) in [6, 6.07) is 3.62. The van der Waals surface area contributed by atoms with Crippen LogP contribution in [0.1, 0.15) is 35.1 Å². The molecule has 2 amide bonds. The molecule has 1 aliphatic rings. The van der Waals surface area contributed by atoms with Gasteiger partial charge in [-0.15, -0.1) is 22.7 Å². The third-order valence-electron chi connectivity index (χ3n) is 4.50. The van der Waals surface area contributed by atoms with Crippen LogP contribution in [0.5, 0.6) is 0 Å². The predicted octanol–water partition coefficient (Wildman–Crippen LogP) is 2.85. The molecule has 2 aromatic heterocycles. The van der Waals surface area contributed by atoms with Gasteiger partial charge in [0.05, 0.1) is 17.0 Å². The molecule has 0 aliphatic carbocycles. The normalized spacial score (nSPS) is 15.2. The zero-order valence-corrected chi connectivity index (χ0v) is 16.5. The topological polar surface area (TPSA) is 74.3 Å². The molecule has 1 fully saturated rings. The molecule has 140 valence electrons. The number of carbonyl (C=O) groups is 2. The fourth-order valence-electron chi connectivity index (χ4n) is 3.01. The van der Waals surface area contributed by atoms with Gasteiger partial charge in [0.1, 0.15) is 0 Å². The van der Waals surface area contributed by atoms with E-state index in [1.165, 1.54) is 22.7 Å². The van der Waals surface area contributed by atoms with Crippen molar-refractivity contribution in [2.75, 3.05) is 31.5 Å². The Balaban J connectivity index is 1.47. The number of thiazole rings is 1. The van der Waals surface area contributed by atoms with Crippen LogP contribution >= 0.6 is 22.7 Å². The summed E-state index contributed by atoms with van der Waals surface area (Å²) >= 11 is 2.75. The molecule has 3 rings (SSSR count). The van der Waals surface area contributed by atoms with Gasteiger partial charge in [-0.1, -0.05) is 13.0 Å². The van der Waals surface area contributed by atoms with E-state index >= 15 is 0 Å². The van der Waals surface area contributed by atoms with Crippen LogP contribution < -0.4 is 10.6 Å². The summed E-state index contributed by atoms with van der Waals surface area (Å²) in [7, 11) is 0. The first-order valence-corrected chi connectivity index (χ1v) is 10.7. The lowest BCUT2D eigenvalue weighted by atomic mass is 9.96. The van der Waals surface area contributed by atoms with Gasteiger partial charge in [-0.25, -0.2) is 4.98 Å². The Labute approximate surface area is 161 Å². The summed E-state index contributed by atoms with van der Waals surface area (Å²) in [5.41, 5.74) is 0.719. The zero-order valence-electron chi connectivity index (χ0n) is 14.9. The predicted molar refractivity (Wildman–Crippen MR) is 106 cm³/mol. The first-order valence-electron chi connectivity index (χ1n) is 8.93. The molecule has 2 aromatic rings.